The van der Waals surface area contributed by atoms with Crippen molar-refractivity contribution in [2.24, 2.45) is 5.73 Å². The molecule has 3 aromatic rings. The van der Waals surface area contributed by atoms with Crippen molar-refractivity contribution in [3.63, 3.8) is 0 Å². The summed E-state index contributed by atoms with van der Waals surface area (Å²) in [5.41, 5.74) is 4.80. The number of rotatable bonds is 8. The minimum atomic E-state index is -3.90. The molecule has 3 heterocycles. The van der Waals surface area contributed by atoms with E-state index in [4.69, 9.17) is 10.5 Å². The van der Waals surface area contributed by atoms with Crippen LogP contribution in [0.4, 0.5) is 8.78 Å². The molecule has 2 atom stereocenters. The van der Waals surface area contributed by atoms with E-state index in [9.17, 15) is 13.2 Å². The van der Waals surface area contributed by atoms with Gasteiger partial charge < -0.3 is 10.5 Å². The Labute approximate surface area is 231 Å². The topological polar surface area (TPSA) is 120 Å². The molecule has 0 saturated carbocycles. The van der Waals surface area contributed by atoms with E-state index in [0.717, 1.165) is 12.1 Å². The predicted octanol–water partition coefficient (Wildman–Crippen LogP) is 3.36. The molecule has 2 aliphatic heterocycles. The molecular formula is C28H31F2N5O4S. The summed E-state index contributed by atoms with van der Waals surface area (Å²) in [5.74, 6) is -1.81. The third-order valence-electron chi connectivity index (χ3n) is 7.83. The SMILES string of the molecule is C=C[C@H]1CC[C@H](c2ccccc2)S(=O)(=O)N1Cc1cc(F)c(C2(c3ncn(CC(N)=O)n3)CCOCC2)cc1F. The first kappa shape index (κ1) is 28.1. The van der Waals surface area contributed by atoms with Crippen molar-refractivity contribution in [2.75, 3.05) is 13.2 Å². The second-order valence-corrected chi connectivity index (χ2v) is 12.3. The van der Waals surface area contributed by atoms with Gasteiger partial charge in [-0.15, -0.1) is 6.58 Å². The number of halogens is 2. The van der Waals surface area contributed by atoms with Gasteiger partial charge in [-0.1, -0.05) is 36.4 Å². The van der Waals surface area contributed by atoms with E-state index >= 15 is 8.78 Å². The maximum atomic E-state index is 15.9. The Kier molecular flexibility index (Phi) is 7.85. The van der Waals surface area contributed by atoms with E-state index in [1.54, 1.807) is 24.3 Å². The Bertz CT molecular complexity index is 1510. The molecule has 0 radical (unpaired) electrons. The van der Waals surface area contributed by atoms with Gasteiger partial charge in [-0.05, 0) is 43.4 Å². The van der Waals surface area contributed by atoms with Crippen LogP contribution in [0.2, 0.25) is 0 Å². The maximum absolute atomic E-state index is 15.9. The van der Waals surface area contributed by atoms with E-state index in [-0.39, 0.29) is 43.3 Å². The quantitative estimate of drug-likeness (QED) is 0.414. The Morgan fingerprint density at radius 1 is 1.15 bits per heavy atom. The summed E-state index contributed by atoms with van der Waals surface area (Å²) in [7, 11) is -3.90. The van der Waals surface area contributed by atoms with Crippen LogP contribution in [0.25, 0.3) is 0 Å². The van der Waals surface area contributed by atoms with Gasteiger partial charge in [0.05, 0.1) is 5.41 Å². The van der Waals surface area contributed by atoms with E-state index in [2.05, 4.69) is 16.7 Å². The van der Waals surface area contributed by atoms with Crippen LogP contribution in [0.1, 0.15) is 53.4 Å². The number of carbonyl (C=O) groups excluding carboxylic acids is 1. The molecule has 2 aromatic carbocycles. The first-order valence-corrected chi connectivity index (χ1v) is 14.6. The first-order valence-electron chi connectivity index (χ1n) is 13.1. The van der Waals surface area contributed by atoms with Crippen molar-refractivity contribution in [2.45, 2.75) is 55.5 Å². The highest BCUT2D eigenvalue weighted by Crippen LogP contribution is 2.43. The molecule has 0 spiro atoms. The highest BCUT2D eigenvalue weighted by molar-refractivity contribution is 7.89. The van der Waals surface area contributed by atoms with Gasteiger partial charge in [0, 0.05) is 36.9 Å². The number of sulfonamides is 1. The van der Waals surface area contributed by atoms with Crippen molar-refractivity contribution in [1.82, 2.24) is 19.1 Å². The summed E-state index contributed by atoms with van der Waals surface area (Å²) in [6.07, 6.45) is 4.36. The minimum Gasteiger partial charge on any atom is -0.381 e. The molecule has 2 N–H and O–H groups in total. The smallest absolute Gasteiger partial charge is 0.239 e. The third-order valence-corrected chi connectivity index (χ3v) is 10.1. The van der Waals surface area contributed by atoms with Gasteiger partial charge in [0.15, 0.2) is 5.82 Å². The normalized spacial score (nSPS) is 22.6. The monoisotopic (exact) mass is 571 g/mol. The lowest BCUT2D eigenvalue weighted by Gasteiger charge is -2.38. The summed E-state index contributed by atoms with van der Waals surface area (Å²) >= 11 is 0. The Morgan fingerprint density at radius 3 is 2.55 bits per heavy atom. The summed E-state index contributed by atoms with van der Waals surface area (Å²) in [4.78, 5) is 15.7. The number of nitrogens with two attached hydrogens (primary N) is 1. The van der Waals surface area contributed by atoms with Crippen LogP contribution in [0, 0.1) is 11.6 Å². The van der Waals surface area contributed by atoms with Crippen LogP contribution < -0.4 is 5.73 Å². The zero-order valence-electron chi connectivity index (χ0n) is 21.9. The number of hydrogen-bond acceptors (Lipinski definition) is 6. The highest BCUT2D eigenvalue weighted by atomic mass is 32.2. The van der Waals surface area contributed by atoms with E-state index < -0.39 is 44.3 Å². The van der Waals surface area contributed by atoms with Crippen LogP contribution in [0.15, 0.2) is 61.4 Å². The van der Waals surface area contributed by atoms with Gasteiger partial charge in [0.2, 0.25) is 15.9 Å². The van der Waals surface area contributed by atoms with Crippen molar-refractivity contribution in [3.05, 3.63) is 95.6 Å². The number of nitrogens with zero attached hydrogens (tertiary/aromatic N) is 4. The molecule has 0 bridgehead atoms. The van der Waals surface area contributed by atoms with Gasteiger partial charge >= 0.3 is 0 Å². The fourth-order valence-corrected chi connectivity index (χ4v) is 7.89. The van der Waals surface area contributed by atoms with Crippen LogP contribution in [-0.2, 0) is 38.1 Å². The zero-order chi connectivity index (χ0) is 28.5. The Morgan fingerprint density at radius 2 is 1.88 bits per heavy atom. The molecule has 12 heteroatoms. The fraction of sp³-hybridized carbons (Fsp3) is 0.393. The van der Waals surface area contributed by atoms with E-state index in [1.165, 1.54) is 21.4 Å². The van der Waals surface area contributed by atoms with E-state index in [1.807, 2.05) is 6.07 Å². The average Bonchev–Trinajstić information content (AvgIpc) is 3.40. The number of primary amides is 1. The lowest BCUT2D eigenvalue weighted by atomic mass is 9.73. The van der Waals surface area contributed by atoms with E-state index in [0.29, 0.717) is 31.2 Å². The van der Waals surface area contributed by atoms with Gasteiger partial charge in [-0.25, -0.2) is 26.9 Å². The second kappa shape index (κ2) is 11.2. The molecule has 5 rings (SSSR count). The fourth-order valence-electron chi connectivity index (χ4n) is 5.74. The number of benzene rings is 2. The van der Waals surface area contributed by atoms with Gasteiger partial charge in [0.25, 0.3) is 0 Å². The third kappa shape index (κ3) is 5.18. The highest BCUT2D eigenvalue weighted by Gasteiger charge is 2.44. The summed E-state index contributed by atoms with van der Waals surface area (Å²) < 4.78 is 67.0. The lowest BCUT2D eigenvalue weighted by molar-refractivity contribution is -0.118. The molecule has 2 fully saturated rings. The molecule has 1 aromatic heterocycles. The van der Waals surface area contributed by atoms with Crippen LogP contribution in [0.5, 0.6) is 0 Å². The number of ether oxygens (including phenoxy) is 1. The number of hydrogen-bond donors (Lipinski definition) is 1. The van der Waals surface area contributed by atoms with Crippen LogP contribution in [-0.4, -0.2) is 52.7 Å². The summed E-state index contributed by atoms with van der Waals surface area (Å²) in [6, 6.07) is 10.5. The molecule has 1 amide bonds. The zero-order valence-corrected chi connectivity index (χ0v) is 22.7. The Balaban J connectivity index is 1.50. The minimum absolute atomic E-state index is 0.0535. The molecule has 2 aliphatic rings. The summed E-state index contributed by atoms with van der Waals surface area (Å²) in [6.45, 7) is 3.80. The summed E-state index contributed by atoms with van der Waals surface area (Å²) in [5, 5.41) is 3.56. The number of amides is 1. The van der Waals surface area contributed by atoms with Crippen molar-refractivity contribution in [3.8, 4) is 0 Å². The molecule has 2 saturated heterocycles. The Hall–Kier alpha value is -3.48. The predicted molar refractivity (Wildman–Crippen MR) is 143 cm³/mol. The van der Waals surface area contributed by atoms with Gasteiger partial charge in [0.1, 0.15) is 29.8 Å². The number of carbonyl (C=O) groups is 1. The van der Waals surface area contributed by atoms with Crippen molar-refractivity contribution < 1.29 is 26.7 Å². The largest absolute Gasteiger partial charge is 0.381 e. The van der Waals surface area contributed by atoms with Crippen molar-refractivity contribution >= 4 is 15.9 Å². The number of aromatic nitrogens is 3. The molecule has 9 nitrogen and oxygen atoms in total. The maximum Gasteiger partial charge on any atom is 0.239 e. The molecule has 40 heavy (non-hydrogen) atoms. The first-order chi connectivity index (χ1) is 19.2. The standard InChI is InChI=1S/C28H31F2N5O4S/c1-2-21-8-9-25(19-6-4-3-5-7-19)40(37,38)35(21)16-20-14-24(30)22(15-23(20)29)28(10-12-39-13-11-28)27-32-18-34(33-27)17-26(31)36/h2-7,14-15,18,21,25H,1,8-13,16-17H2,(H2,31,36)/t21-,25+/m0/s1. The second-order valence-electron chi connectivity index (χ2n) is 10.2. The van der Waals surface area contributed by atoms with Crippen LogP contribution in [0.3, 0.4) is 0 Å². The average molecular weight is 572 g/mol. The van der Waals surface area contributed by atoms with Crippen LogP contribution >= 0.6 is 0 Å². The lowest BCUT2D eigenvalue weighted by Crippen LogP contribution is -2.45. The molecule has 0 aliphatic carbocycles. The molecule has 212 valence electrons. The molecular weight excluding hydrogens is 540 g/mol. The molecule has 0 unspecified atom stereocenters. The van der Waals surface area contributed by atoms with Crippen molar-refractivity contribution in [1.29, 1.82) is 0 Å². The van der Waals surface area contributed by atoms with Gasteiger partial charge in [-0.2, -0.15) is 9.40 Å². The van der Waals surface area contributed by atoms with Gasteiger partial charge in [-0.3, -0.25) is 4.79 Å².